The highest BCUT2D eigenvalue weighted by atomic mass is 19.1. The molecular weight excluding hydrogens is 291 g/mol. The van der Waals surface area contributed by atoms with Crippen molar-refractivity contribution in [2.75, 3.05) is 6.54 Å². The van der Waals surface area contributed by atoms with Gasteiger partial charge in [-0.15, -0.1) is 0 Å². The van der Waals surface area contributed by atoms with Gasteiger partial charge in [-0.05, 0) is 29.8 Å². The number of pyridine rings is 1. The van der Waals surface area contributed by atoms with Gasteiger partial charge < -0.3 is 5.32 Å². The third-order valence-electron chi connectivity index (χ3n) is 3.70. The first-order chi connectivity index (χ1) is 11.2. The van der Waals surface area contributed by atoms with E-state index in [1.165, 1.54) is 6.07 Å². The van der Waals surface area contributed by atoms with Crippen molar-refractivity contribution >= 4 is 0 Å². The number of aromatic nitrogens is 3. The Hall–Kier alpha value is -2.53. The van der Waals surface area contributed by atoms with E-state index in [1.54, 1.807) is 23.0 Å². The van der Waals surface area contributed by atoms with E-state index in [-0.39, 0.29) is 11.9 Å². The molecule has 1 aromatic carbocycles. The van der Waals surface area contributed by atoms with E-state index >= 15 is 0 Å². The third kappa shape index (κ3) is 4.02. The van der Waals surface area contributed by atoms with Crippen molar-refractivity contribution in [3.63, 3.8) is 0 Å². The summed E-state index contributed by atoms with van der Waals surface area (Å²) in [6.07, 6.45) is 6.36. The van der Waals surface area contributed by atoms with Crippen LogP contribution in [-0.2, 0) is 13.5 Å². The van der Waals surface area contributed by atoms with Gasteiger partial charge in [0.25, 0.3) is 0 Å². The molecule has 2 heterocycles. The van der Waals surface area contributed by atoms with Crippen LogP contribution in [0, 0.1) is 5.82 Å². The minimum absolute atomic E-state index is 0.0943. The number of benzene rings is 1. The Morgan fingerprint density at radius 3 is 2.78 bits per heavy atom. The lowest BCUT2D eigenvalue weighted by Crippen LogP contribution is -2.24. The lowest BCUT2D eigenvalue weighted by atomic mass is 10.0. The number of hydrogen-bond donors (Lipinski definition) is 1. The Morgan fingerprint density at radius 2 is 2.09 bits per heavy atom. The van der Waals surface area contributed by atoms with Gasteiger partial charge in [-0.25, -0.2) is 4.39 Å². The van der Waals surface area contributed by atoms with E-state index in [9.17, 15) is 4.39 Å². The molecule has 118 valence electrons. The zero-order valence-corrected chi connectivity index (χ0v) is 13.0. The average Bonchev–Trinajstić information content (AvgIpc) is 2.99. The Kier molecular flexibility index (Phi) is 4.78. The molecule has 5 heteroatoms. The molecule has 2 aromatic heterocycles. The van der Waals surface area contributed by atoms with Gasteiger partial charge in [0.15, 0.2) is 0 Å². The van der Waals surface area contributed by atoms with Gasteiger partial charge in [0.2, 0.25) is 0 Å². The number of nitrogens with zero attached hydrogens (tertiary/aromatic N) is 3. The minimum Gasteiger partial charge on any atom is -0.306 e. The highest BCUT2D eigenvalue weighted by Gasteiger charge is 2.15. The Bertz CT molecular complexity index is 754. The van der Waals surface area contributed by atoms with E-state index in [1.807, 2.05) is 43.7 Å². The van der Waals surface area contributed by atoms with Crippen molar-refractivity contribution in [2.24, 2.45) is 7.05 Å². The summed E-state index contributed by atoms with van der Waals surface area (Å²) < 4.78 is 15.3. The molecule has 3 rings (SSSR count). The summed E-state index contributed by atoms with van der Waals surface area (Å²) in [7, 11) is 1.88. The lowest BCUT2D eigenvalue weighted by Gasteiger charge is -2.18. The number of halogens is 1. The first kappa shape index (κ1) is 15.4. The highest BCUT2D eigenvalue weighted by molar-refractivity contribution is 5.29. The smallest absolute Gasteiger partial charge is 0.123 e. The van der Waals surface area contributed by atoms with Crippen molar-refractivity contribution in [3.05, 3.63) is 83.7 Å². The molecule has 0 fully saturated rings. The Morgan fingerprint density at radius 1 is 1.17 bits per heavy atom. The van der Waals surface area contributed by atoms with Gasteiger partial charge in [0, 0.05) is 43.7 Å². The number of hydrogen-bond acceptors (Lipinski definition) is 3. The third-order valence-corrected chi connectivity index (χ3v) is 3.70. The molecule has 1 atom stereocenters. The van der Waals surface area contributed by atoms with Gasteiger partial charge >= 0.3 is 0 Å². The molecule has 0 aliphatic carbocycles. The maximum Gasteiger partial charge on any atom is 0.123 e. The molecule has 0 aliphatic heterocycles. The van der Waals surface area contributed by atoms with Gasteiger partial charge in [-0.3, -0.25) is 9.67 Å². The SMILES string of the molecule is Cn1cc(C(NCCc2ccccn2)c2cccc(F)c2)cn1. The van der Waals surface area contributed by atoms with Crippen LogP contribution in [-0.4, -0.2) is 21.3 Å². The predicted octanol–water partition coefficient (Wildman–Crippen LogP) is 2.88. The zero-order chi connectivity index (χ0) is 16.1. The van der Waals surface area contributed by atoms with Crippen molar-refractivity contribution in [1.82, 2.24) is 20.1 Å². The summed E-state index contributed by atoms with van der Waals surface area (Å²) in [6, 6.07) is 12.5. The topological polar surface area (TPSA) is 42.7 Å². The minimum atomic E-state index is -0.233. The summed E-state index contributed by atoms with van der Waals surface area (Å²) in [5, 5.41) is 7.70. The average molecular weight is 310 g/mol. The molecule has 4 nitrogen and oxygen atoms in total. The van der Waals surface area contributed by atoms with Crippen LogP contribution in [0.25, 0.3) is 0 Å². The molecule has 0 aliphatic rings. The summed E-state index contributed by atoms with van der Waals surface area (Å²) in [6.45, 7) is 0.743. The first-order valence-electron chi connectivity index (χ1n) is 7.59. The molecule has 3 aromatic rings. The fourth-order valence-electron chi connectivity index (χ4n) is 2.59. The van der Waals surface area contributed by atoms with Crippen molar-refractivity contribution in [2.45, 2.75) is 12.5 Å². The van der Waals surface area contributed by atoms with Gasteiger partial charge in [-0.2, -0.15) is 5.10 Å². The van der Waals surface area contributed by atoms with Crippen LogP contribution in [0.15, 0.2) is 61.1 Å². The zero-order valence-electron chi connectivity index (χ0n) is 13.0. The second-order valence-corrected chi connectivity index (χ2v) is 5.46. The quantitative estimate of drug-likeness (QED) is 0.761. The van der Waals surface area contributed by atoms with Crippen LogP contribution >= 0.6 is 0 Å². The van der Waals surface area contributed by atoms with E-state index in [0.717, 1.165) is 29.8 Å². The number of rotatable bonds is 6. The fourth-order valence-corrected chi connectivity index (χ4v) is 2.59. The molecule has 1 N–H and O–H groups in total. The standard InChI is InChI=1S/C18H19FN4/c1-23-13-15(12-22-23)18(14-5-4-6-16(19)11-14)21-10-8-17-7-2-3-9-20-17/h2-7,9,11-13,18,21H,8,10H2,1H3. The molecule has 0 bridgehead atoms. The van der Waals surface area contributed by atoms with Gasteiger partial charge in [0.05, 0.1) is 12.2 Å². The molecule has 0 saturated carbocycles. The molecular formula is C18H19FN4. The lowest BCUT2D eigenvalue weighted by molar-refractivity contribution is 0.587. The number of aryl methyl sites for hydroxylation is 1. The predicted molar refractivity (Wildman–Crippen MR) is 87.4 cm³/mol. The van der Waals surface area contributed by atoms with Crippen LogP contribution in [0.3, 0.4) is 0 Å². The van der Waals surface area contributed by atoms with Gasteiger partial charge in [0.1, 0.15) is 5.82 Å². The van der Waals surface area contributed by atoms with Crippen molar-refractivity contribution in [3.8, 4) is 0 Å². The number of nitrogens with one attached hydrogen (secondary N) is 1. The van der Waals surface area contributed by atoms with Crippen LogP contribution in [0.2, 0.25) is 0 Å². The van der Waals surface area contributed by atoms with Crippen LogP contribution < -0.4 is 5.32 Å². The largest absolute Gasteiger partial charge is 0.306 e. The van der Waals surface area contributed by atoms with Gasteiger partial charge in [-0.1, -0.05) is 18.2 Å². The van der Waals surface area contributed by atoms with Crippen LogP contribution in [0.5, 0.6) is 0 Å². The van der Waals surface area contributed by atoms with Crippen LogP contribution in [0.4, 0.5) is 4.39 Å². The monoisotopic (exact) mass is 310 g/mol. The van der Waals surface area contributed by atoms with Crippen molar-refractivity contribution < 1.29 is 4.39 Å². The van der Waals surface area contributed by atoms with E-state index < -0.39 is 0 Å². The summed E-state index contributed by atoms with van der Waals surface area (Å²) in [5.74, 6) is -0.233. The van der Waals surface area contributed by atoms with E-state index in [4.69, 9.17) is 0 Å². The maximum absolute atomic E-state index is 13.6. The maximum atomic E-state index is 13.6. The second-order valence-electron chi connectivity index (χ2n) is 5.46. The first-order valence-corrected chi connectivity index (χ1v) is 7.59. The highest BCUT2D eigenvalue weighted by Crippen LogP contribution is 2.22. The molecule has 0 radical (unpaired) electrons. The summed E-state index contributed by atoms with van der Waals surface area (Å²) in [4.78, 5) is 4.32. The Balaban J connectivity index is 1.75. The van der Waals surface area contributed by atoms with Crippen molar-refractivity contribution in [1.29, 1.82) is 0 Å². The van der Waals surface area contributed by atoms with Crippen LogP contribution in [0.1, 0.15) is 22.9 Å². The molecule has 0 amide bonds. The molecule has 0 saturated heterocycles. The molecule has 1 unspecified atom stereocenters. The Labute approximate surface area is 135 Å². The summed E-state index contributed by atoms with van der Waals surface area (Å²) in [5.41, 5.74) is 2.93. The molecule has 23 heavy (non-hydrogen) atoms. The fraction of sp³-hybridized carbons (Fsp3) is 0.222. The normalized spacial score (nSPS) is 12.3. The van der Waals surface area contributed by atoms with E-state index in [2.05, 4.69) is 15.4 Å². The summed E-state index contributed by atoms with van der Waals surface area (Å²) >= 11 is 0. The molecule has 0 spiro atoms. The van der Waals surface area contributed by atoms with E-state index in [0.29, 0.717) is 0 Å². The second kappa shape index (κ2) is 7.15.